The van der Waals surface area contributed by atoms with E-state index < -0.39 is 0 Å². The highest BCUT2D eigenvalue weighted by Gasteiger charge is 2.40. The summed E-state index contributed by atoms with van der Waals surface area (Å²) in [6, 6.07) is 17.8. The maximum absolute atomic E-state index is 9.72. The maximum Gasteiger partial charge on any atom is 0.131 e. The van der Waals surface area contributed by atoms with E-state index in [-0.39, 0.29) is 12.0 Å². The van der Waals surface area contributed by atoms with Crippen LogP contribution >= 0.6 is 0 Å². The molecule has 1 aliphatic rings. The van der Waals surface area contributed by atoms with Crippen LogP contribution in [0.15, 0.2) is 54.6 Å². The van der Waals surface area contributed by atoms with E-state index in [0.717, 1.165) is 29.9 Å². The van der Waals surface area contributed by atoms with Gasteiger partial charge in [-0.1, -0.05) is 42.8 Å². The first-order chi connectivity index (χ1) is 9.34. The molecule has 0 amide bonds. The molecular weight excluding hydrogens is 236 g/mol. The van der Waals surface area contributed by atoms with Crippen molar-refractivity contribution in [3.05, 3.63) is 60.2 Å². The fourth-order valence-corrected chi connectivity index (χ4v) is 2.73. The third kappa shape index (κ3) is 2.24. The average Bonchev–Trinajstić information content (AvgIpc) is 2.41. The SMILES string of the molecule is OCC1(c2ccccc2Oc2ccccc2)CCC1. The Morgan fingerprint density at radius 1 is 0.947 bits per heavy atom. The highest BCUT2D eigenvalue weighted by atomic mass is 16.5. The molecule has 0 atom stereocenters. The first-order valence-corrected chi connectivity index (χ1v) is 6.77. The van der Waals surface area contributed by atoms with Crippen molar-refractivity contribution in [1.29, 1.82) is 0 Å². The van der Waals surface area contributed by atoms with Gasteiger partial charge in [-0.05, 0) is 31.0 Å². The summed E-state index contributed by atoms with van der Waals surface area (Å²) < 4.78 is 5.98. The number of hydrogen-bond donors (Lipinski definition) is 1. The van der Waals surface area contributed by atoms with Gasteiger partial charge in [-0.25, -0.2) is 0 Å². The van der Waals surface area contributed by atoms with E-state index in [9.17, 15) is 5.11 Å². The molecule has 1 fully saturated rings. The predicted molar refractivity (Wildman–Crippen MR) is 75.6 cm³/mol. The van der Waals surface area contributed by atoms with Crippen molar-refractivity contribution in [2.45, 2.75) is 24.7 Å². The van der Waals surface area contributed by atoms with Crippen molar-refractivity contribution in [3.63, 3.8) is 0 Å². The fourth-order valence-electron chi connectivity index (χ4n) is 2.73. The fraction of sp³-hybridized carbons (Fsp3) is 0.294. The molecule has 0 radical (unpaired) electrons. The van der Waals surface area contributed by atoms with Crippen molar-refractivity contribution in [3.8, 4) is 11.5 Å². The number of aliphatic hydroxyl groups excluding tert-OH is 1. The Bertz CT molecular complexity index is 539. The van der Waals surface area contributed by atoms with Gasteiger partial charge in [0.05, 0.1) is 6.61 Å². The summed E-state index contributed by atoms with van der Waals surface area (Å²) >= 11 is 0. The van der Waals surface area contributed by atoms with Crippen LogP contribution in [0.4, 0.5) is 0 Å². The number of benzene rings is 2. The summed E-state index contributed by atoms with van der Waals surface area (Å²) in [5.41, 5.74) is 1.04. The smallest absolute Gasteiger partial charge is 0.131 e. The molecular formula is C17H18O2. The van der Waals surface area contributed by atoms with Crippen LogP contribution in [0.3, 0.4) is 0 Å². The molecule has 19 heavy (non-hydrogen) atoms. The van der Waals surface area contributed by atoms with Gasteiger partial charge in [-0.2, -0.15) is 0 Å². The van der Waals surface area contributed by atoms with Gasteiger partial charge in [0.2, 0.25) is 0 Å². The molecule has 0 heterocycles. The standard InChI is InChI=1S/C17H18O2/c18-13-17(11-6-12-17)15-9-4-5-10-16(15)19-14-7-2-1-3-8-14/h1-5,7-10,18H,6,11-13H2. The van der Waals surface area contributed by atoms with Crippen molar-refractivity contribution in [1.82, 2.24) is 0 Å². The quantitative estimate of drug-likeness (QED) is 0.896. The first-order valence-electron chi connectivity index (χ1n) is 6.77. The molecule has 2 nitrogen and oxygen atoms in total. The number of rotatable bonds is 4. The second kappa shape index (κ2) is 5.06. The summed E-state index contributed by atoms with van der Waals surface area (Å²) in [4.78, 5) is 0. The van der Waals surface area contributed by atoms with Crippen molar-refractivity contribution in [2.75, 3.05) is 6.61 Å². The number of ether oxygens (including phenoxy) is 1. The molecule has 0 unspecified atom stereocenters. The molecule has 1 saturated carbocycles. The van der Waals surface area contributed by atoms with Crippen LogP contribution < -0.4 is 4.74 Å². The maximum atomic E-state index is 9.72. The summed E-state index contributed by atoms with van der Waals surface area (Å²) in [5.74, 6) is 1.70. The predicted octanol–water partition coefficient (Wildman–Crippen LogP) is 3.89. The van der Waals surface area contributed by atoms with E-state index >= 15 is 0 Å². The average molecular weight is 254 g/mol. The Kier molecular flexibility index (Phi) is 3.26. The summed E-state index contributed by atoms with van der Waals surface area (Å²) in [6.07, 6.45) is 3.26. The molecule has 0 bridgehead atoms. The molecule has 1 aliphatic carbocycles. The van der Waals surface area contributed by atoms with Gasteiger partial charge >= 0.3 is 0 Å². The minimum Gasteiger partial charge on any atom is -0.457 e. The molecule has 0 spiro atoms. The minimum atomic E-state index is -0.0919. The van der Waals surface area contributed by atoms with Gasteiger partial charge in [0, 0.05) is 11.0 Å². The molecule has 0 aliphatic heterocycles. The van der Waals surface area contributed by atoms with E-state index in [4.69, 9.17) is 4.74 Å². The Morgan fingerprint density at radius 2 is 1.63 bits per heavy atom. The zero-order valence-electron chi connectivity index (χ0n) is 10.9. The molecule has 0 saturated heterocycles. The van der Waals surface area contributed by atoms with Gasteiger partial charge in [0.1, 0.15) is 11.5 Å². The third-order valence-electron chi connectivity index (χ3n) is 4.04. The third-order valence-corrected chi connectivity index (χ3v) is 4.04. The van der Waals surface area contributed by atoms with E-state index in [2.05, 4.69) is 6.07 Å². The Morgan fingerprint density at radius 3 is 2.26 bits per heavy atom. The highest BCUT2D eigenvalue weighted by molar-refractivity contribution is 5.43. The van der Waals surface area contributed by atoms with E-state index in [0.29, 0.717) is 0 Å². The minimum absolute atomic E-state index is 0.0919. The molecule has 0 aromatic heterocycles. The second-order valence-electron chi connectivity index (χ2n) is 5.20. The summed E-state index contributed by atoms with van der Waals surface area (Å²) in [7, 11) is 0. The van der Waals surface area contributed by atoms with Crippen LogP contribution in [-0.2, 0) is 5.41 Å². The van der Waals surface area contributed by atoms with Crippen LogP contribution in [0.2, 0.25) is 0 Å². The molecule has 98 valence electrons. The van der Waals surface area contributed by atoms with Crippen molar-refractivity contribution < 1.29 is 9.84 Å². The largest absolute Gasteiger partial charge is 0.457 e. The van der Waals surface area contributed by atoms with Crippen LogP contribution in [0.25, 0.3) is 0 Å². The lowest BCUT2D eigenvalue weighted by atomic mass is 9.65. The second-order valence-corrected chi connectivity index (χ2v) is 5.20. The summed E-state index contributed by atoms with van der Waals surface area (Å²) in [6.45, 7) is 0.197. The topological polar surface area (TPSA) is 29.5 Å². The summed E-state index contributed by atoms with van der Waals surface area (Å²) in [5, 5.41) is 9.72. The van der Waals surface area contributed by atoms with Gasteiger partial charge in [0.25, 0.3) is 0 Å². The lowest BCUT2D eigenvalue weighted by Gasteiger charge is -2.41. The van der Waals surface area contributed by atoms with Crippen LogP contribution in [0.5, 0.6) is 11.5 Å². The molecule has 2 aromatic rings. The van der Waals surface area contributed by atoms with Crippen LogP contribution in [0, 0.1) is 0 Å². The van der Waals surface area contributed by atoms with Crippen LogP contribution in [0.1, 0.15) is 24.8 Å². The molecule has 1 N–H and O–H groups in total. The van der Waals surface area contributed by atoms with Crippen LogP contribution in [-0.4, -0.2) is 11.7 Å². The van der Waals surface area contributed by atoms with E-state index in [1.54, 1.807) is 0 Å². The number of para-hydroxylation sites is 2. The van der Waals surface area contributed by atoms with E-state index in [1.165, 1.54) is 6.42 Å². The lowest BCUT2D eigenvalue weighted by molar-refractivity contribution is 0.118. The zero-order valence-corrected chi connectivity index (χ0v) is 10.9. The van der Waals surface area contributed by atoms with Crippen molar-refractivity contribution in [2.24, 2.45) is 0 Å². The van der Waals surface area contributed by atoms with Gasteiger partial charge in [0.15, 0.2) is 0 Å². The Balaban J connectivity index is 1.94. The normalized spacial score (nSPS) is 16.7. The van der Waals surface area contributed by atoms with E-state index in [1.807, 2.05) is 48.5 Å². The monoisotopic (exact) mass is 254 g/mol. The zero-order chi connectivity index (χ0) is 13.1. The number of hydrogen-bond acceptors (Lipinski definition) is 2. The van der Waals surface area contributed by atoms with Gasteiger partial charge in [-0.15, -0.1) is 0 Å². The Labute approximate surface area is 113 Å². The van der Waals surface area contributed by atoms with Gasteiger partial charge < -0.3 is 9.84 Å². The number of aliphatic hydroxyl groups is 1. The highest BCUT2D eigenvalue weighted by Crippen LogP contribution is 2.47. The first kappa shape index (κ1) is 12.2. The lowest BCUT2D eigenvalue weighted by Crippen LogP contribution is -2.38. The molecule has 2 heteroatoms. The molecule has 3 rings (SSSR count). The van der Waals surface area contributed by atoms with Gasteiger partial charge in [-0.3, -0.25) is 0 Å². The van der Waals surface area contributed by atoms with Crippen molar-refractivity contribution >= 4 is 0 Å². The Hall–Kier alpha value is -1.80. The molecule has 2 aromatic carbocycles.